The van der Waals surface area contributed by atoms with Crippen LogP contribution in [0.2, 0.25) is 0 Å². The molecule has 3 nitrogen and oxygen atoms in total. The van der Waals surface area contributed by atoms with Crippen molar-refractivity contribution in [1.29, 1.82) is 0 Å². The first-order valence-electron chi connectivity index (χ1n) is 7.71. The third-order valence-corrected chi connectivity index (χ3v) is 3.54. The number of carbonyl (C=O) groups is 1. The van der Waals surface area contributed by atoms with Crippen molar-refractivity contribution in [2.45, 2.75) is 6.92 Å². The first-order chi connectivity index (χ1) is 11.1. The van der Waals surface area contributed by atoms with Gasteiger partial charge in [0.1, 0.15) is 0 Å². The number of ketones is 1. The maximum atomic E-state index is 11.4. The number of carbonyl (C=O) groups excluding carboxylic acids is 1. The molecule has 0 bridgehead atoms. The van der Waals surface area contributed by atoms with E-state index in [2.05, 4.69) is 17.0 Å². The first kappa shape index (κ1) is 17.0. The summed E-state index contributed by atoms with van der Waals surface area (Å²) in [5, 5.41) is 0. The molecule has 0 saturated heterocycles. The quantitative estimate of drug-likeness (QED) is 0.442. The summed E-state index contributed by atoms with van der Waals surface area (Å²) in [5.41, 5.74) is 3.85. The maximum absolute atomic E-state index is 11.4. The van der Waals surface area contributed by atoms with Gasteiger partial charge in [0.05, 0.1) is 12.9 Å². The summed E-state index contributed by atoms with van der Waals surface area (Å²) >= 11 is 0. The fourth-order valence-corrected chi connectivity index (χ4v) is 2.18. The average Bonchev–Trinajstić information content (AvgIpc) is 2.55. The molecule has 0 aliphatic heterocycles. The Balaban J connectivity index is 2.26. The molecule has 0 heterocycles. The van der Waals surface area contributed by atoms with E-state index < -0.39 is 0 Å². The molecule has 2 rings (SSSR count). The third kappa shape index (κ3) is 5.08. The van der Waals surface area contributed by atoms with Crippen molar-refractivity contribution < 1.29 is 9.53 Å². The van der Waals surface area contributed by atoms with E-state index in [0.717, 1.165) is 28.8 Å². The molecule has 0 atom stereocenters. The van der Waals surface area contributed by atoms with Crippen molar-refractivity contribution in [1.82, 2.24) is 4.90 Å². The molecule has 3 heteroatoms. The van der Waals surface area contributed by atoms with Crippen LogP contribution in [0, 0.1) is 0 Å². The highest BCUT2D eigenvalue weighted by molar-refractivity contribution is 5.94. The van der Waals surface area contributed by atoms with Gasteiger partial charge in [-0.25, -0.2) is 0 Å². The Hall–Kier alpha value is -2.39. The highest BCUT2D eigenvalue weighted by Crippen LogP contribution is 2.24. The number of likely N-dealkylation sites (N-methyl/N-ethyl adjacent to an activating group) is 1. The minimum Gasteiger partial charge on any atom is -0.499 e. The Labute approximate surface area is 138 Å². The van der Waals surface area contributed by atoms with Gasteiger partial charge in [0, 0.05) is 17.7 Å². The second-order valence-corrected chi connectivity index (χ2v) is 5.71. The largest absolute Gasteiger partial charge is 0.499 e. The summed E-state index contributed by atoms with van der Waals surface area (Å²) in [5.74, 6) is 0.0732. The lowest BCUT2D eigenvalue weighted by Crippen LogP contribution is -2.16. The standard InChI is InChI=1S/C20H23NO2/c1-16(22)17-9-11-19(12-10-17)20(15-23-14-13-21(2)3)18-7-5-4-6-8-18/h4-12,15H,13-14H2,1-3H3/b20-15+. The van der Waals surface area contributed by atoms with E-state index in [-0.39, 0.29) is 5.78 Å². The number of nitrogens with zero attached hydrogens (tertiary/aromatic N) is 1. The molecule has 0 amide bonds. The molecule has 0 fully saturated rings. The lowest BCUT2D eigenvalue weighted by molar-refractivity contribution is 0.101. The molecule has 120 valence electrons. The zero-order chi connectivity index (χ0) is 16.7. The van der Waals surface area contributed by atoms with E-state index in [4.69, 9.17) is 4.74 Å². The van der Waals surface area contributed by atoms with Gasteiger partial charge in [-0.1, -0.05) is 54.6 Å². The van der Waals surface area contributed by atoms with Gasteiger partial charge >= 0.3 is 0 Å². The molecule has 23 heavy (non-hydrogen) atoms. The minimum atomic E-state index is 0.0732. The number of benzene rings is 2. The van der Waals surface area contributed by atoms with Gasteiger partial charge < -0.3 is 9.64 Å². The molecule has 0 N–H and O–H groups in total. The van der Waals surface area contributed by atoms with Crippen LogP contribution in [-0.4, -0.2) is 37.9 Å². The molecule has 0 saturated carbocycles. The molecule has 0 unspecified atom stereocenters. The summed E-state index contributed by atoms with van der Waals surface area (Å²) in [6.45, 7) is 3.07. The Morgan fingerprint density at radius 1 is 0.957 bits per heavy atom. The zero-order valence-corrected chi connectivity index (χ0v) is 14.0. The van der Waals surface area contributed by atoms with Crippen LogP contribution in [0.5, 0.6) is 0 Å². The zero-order valence-electron chi connectivity index (χ0n) is 14.0. The second-order valence-electron chi connectivity index (χ2n) is 5.71. The molecule has 0 aliphatic carbocycles. The van der Waals surface area contributed by atoms with E-state index in [9.17, 15) is 4.79 Å². The number of hydrogen-bond acceptors (Lipinski definition) is 3. The van der Waals surface area contributed by atoms with E-state index in [1.807, 2.05) is 62.8 Å². The van der Waals surface area contributed by atoms with Crippen molar-refractivity contribution >= 4 is 11.4 Å². The van der Waals surface area contributed by atoms with E-state index in [1.54, 1.807) is 6.92 Å². The summed E-state index contributed by atoms with van der Waals surface area (Å²) in [7, 11) is 4.04. The van der Waals surface area contributed by atoms with Gasteiger partial charge in [-0.2, -0.15) is 0 Å². The molecule has 2 aromatic rings. The smallest absolute Gasteiger partial charge is 0.159 e. The van der Waals surface area contributed by atoms with Crippen molar-refractivity contribution in [2.24, 2.45) is 0 Å². The topological polar surface area (TPSA) is 29.5 Å². The van der Waals surface area contributed by atoms with Crippen LogP contribution in [-0.2, 0) is 4.74 Å². The molecule has 0 aliphatic rings. The molecule has 0 spiro atoms. The first-order valence-corrected chi connectivity index (χ1v) is 7.71. The highest BCUT2D eigenvalue weighted by atomic mass is 16.5. The van der Waals surface area contributed by atoms with Gasteiger partial charge in [0.25, 0.3) is 0 Å². The highest BCUT2D eigenvalue weighted by Gasteiger charge is 2.07. The van der Waals surface area contributed by atoms with Gasteiger partial charge in [-0.05, 0) is 32.1 Å². The monoisotopic (exact) mass is 309 g/mol. The van der Waals surface area contributed by atoms with Crippen LogP contribution < -0.4 is 0 Å². The number of ether oxygens (including phenoxy) is 1. The van der Waals surface area contributed by atoms with Gasteiger partial charge in [-0.3, -0.25) is 4.79 Å². The predicted octanol–water partition coefficient (Wildman–Crippen LogP) is 3.86. The average molecular weight is 309 g/mol. The number of hydrogen-bond donors (Lipinski definition) is 0. The normalized spacial score (nSPS) is 11.6. The van der Waals surface area contributed by atoms with E-state index in [0.29, 0.717) is 6.61 Å². The van der Waals surface area contributed by atoms with Crippen LogP contribution in [0.4, 0.5) is 0 Å². The molecule has 0 radical (unpaired) electrons. The summed E-state index contributed by atoms with van der Waals surface area (Å²) in [4.78, 5) is 13.5. The summed E-state index contributed by atoms with van der Waals surface area (Å²) in [6.07, 6.45) is 1.81. The lowest BCUT2D eigenvalue weighted by atomic mass is 9.98. The Kier molecular flexibility index (Phi) is 6.12. The third-order valence-electron chi connectivity index (χ3n) is 3.54. The molecule has 0 aromatic heterocycles. The molecular formula is C20H23NO2. The fraction of sp³-hybridized carbons (Fsp3) is 0.250. The number of rotatable bonds is 7. The SMILES string of the molecule is CC(=O)c1ccc(/C(=C/OCCN(C)C)c2ccccc2)cc1. The minimum absolute atomic E-state index is 0.0732. The van der Waals surface area contributed by atoms with E-state index in [1.165, 1.54) is 0 Å². The fourth-order valence-electron chi connectivity index (χ4n) is 2.18. The second kappa shape index (κ2) is 8.30. The van der Waals surface area contributed by atoms with Crippen LogP contribution in [0.15, 0.2) is 60.9 Å². The lowest BCUT2D eigenvalue weighted by Gasteiger charge is -2.12. The van der Waals surface area contributed by atoms with Gasteiger partial charge in [0.15, 0.2) is 5.78 Å². The van der Waals surface area contributed by atoms with Crippen molar-refractivity contribution in [3.8, 4) is 0 Å². The Bertz CT molecular complexity index is 658. The predicted molar refractivity (Wildman–Crippen MR) is 94.5 cm³/mol. The van der Waals surface area contributed by atoms with Crippen molar-refractivity contribution in [3.05, 3.63) is 77.5 Å². The summed E-state index contributed by atoms with van der Waals surface area (Å²) in [6, 6.07) is 17.8. The maximum Gasteiger partial charge on any atom is 0.159 e. The Morgan fingerprint density at radius 2 is 1.52 bits per heavy atom. The number of Topliss-reactive ketones (excluding diaryl/α,β-unsaturated/α-hetero) is 1. The summed E-state index contributed by atoms with van der Waals surface area (Å²) < 4.78 is 5.72. The molecular weight excluding hydrogens is 286 g/mol. The van der Waals surface area contributed by atoms with Gasteiger partial charge in [0.2, 0.25) is 0 Å². The van der Waals surface area contributed by atoms with Crippen LogP contribution >= 0.6 is 0 Å². The van der Waals surface area contributed by atoms with E-state index >= 15 is 0 Å². The Morgan fingerprint density at radius 3 is 2.09 bits per heavy atom. The van der Waals surface area contributed by atoms with Crippen LogP contribution in [0.1, 0.15) is 28.4 Å². The van der Waals surface area contributed by atoms with Gasteiger partial charge in [-0.15, -0.1) is 0 Å². The van der Waals surface area contributed by atoms with Crippen molar-refractivity contribution in [3.63, 3.8) is 0 Å². The molecule has 2 aromatic carbocycles. The van der Waals surface area contributed by atoms with Crippen LogP contribution in [0.3, 0.4) is 0 Å². The van der Waals surface area contributed by atoms with Crippen molar-refractivity contribution in [2.75, 3.05) is 27.2 Å². The van der Waals surface area contributed by atoms with Crippen LogP contribution in [0.25, 0.3) is 5.57 Å².